The minimum atomic E-state index is -0.210. The van der Waals surface area contributed by atoms with Crippen molar-refractivity contribution in [3.05, 3.63) is 35.6 Å². The highest BCUT2D eigenvalue weighted by Gasteiger charge is 2.08. The Morgan fingerprint density at radius 2 is 2.18 bits per heavy atom. The summed E-state index contributed by atoms with van der Waals surface area (Å²) in [4.78, 5) is 0. The summed E-state index contributed by atoms with van der Waals surface area (Å²) in [5.41, 5.74) is 0.954. The summed E-state index contributed by atoms with van der Waals surface area (Å²) in [5.74, 6) is 0.00669. The van der Waals surface area contributed by atoms with Crippen molar-refractivity contribution in [3.63, 3.8) is 0 Å². The van der Waals surface area contributed by atoms with Crippen molar-refractivity contribution in [1.82, 2.24) is 0 Å². The molecule has 0 saturated carbocycles. The molecule has 0 aliphatic carbocycles. The van der Waals surface area contributed by atoms with Gasteiger partial charge in [-0.05, 0) is 42.9 Å². The molecule has 1 aromatic rings. The van der Waals surface area contributed by atoms with Gasteiger partial charge in [-0.2, -0.15) is 0 Å². The fraction of sp³-hybridized carbons (Fsp3) is 0.571. The van der Waals surface area contributed by atoms with Crippen molar-refractivity contribution in [1.29, 1.82) is 0 Å². The van der Waals surface area contributed by atoms with Crippen LogP contribution in [0.5, 0.6) is 0 Å². The van der Waals surface area contributed by atoms with Crippen LogP contribution in [0, 0.1) is 11.7 Å². The molecule has 1 atom stereocenters. The number of methoxy groups -OCH3 is 1. The van der Waals surface area contributed by atoms with Crippen LogP contribution < -0.4 is 0 Å². The van der Waals surface area contributed by atoms with Crippen molar-refractivity contribution < 1.29 is 14.2 Å². The lowest BCUT2D eigenvalue weighted by Crippen LogP contribution is -2.10. The van der Waals surface area contributed by atoms with Crippen LogP contribution in [0.4, 0.5) is 4.39 Å². The van der Waals surface area contributed by atoms with E-state index < -0.39 is 0 Å². The number of benzene rings is 1. The second-order valence-corrected chi connectivity index (χ2v) is 4.37. The quantitative estimate of drug-likeness (QED) is 0.708. The minimum absolute atomic E-state index is 0.156. The van der Waals surface area contributed by atoms with E-state index in [9.17, 15) is 9.50 Å². The van der Waals surface area contributed by atoms with Gasteiger partial charge in [0.05, 0.1) is 0 Å². The predicted octanol–water partition coefficient (Wildman–Crippen LogP) is 2.79. The van der Waals surface area contributed by atoms with Crippen LogP contribution in [-0.4, -0.2) is 25.4 Å². The average molecular weight is 240 g/mol. The van der Waals surface area contributed by atoms with Crippen LogP contribution >= 0.6 is 0 Å². The molecule has 0 amide bonds. The summed E-state index contributed by atoms with van der Waals surface area (Å²) >= 11 is 0. The fourth-order valence-electron chi connectivity index (χ4n) is 1.93. The highest BCUT2D eigenvalue weighted by molar-refractivity contribution is 5.16. The zero-order valence-corrected chi connectivity index (χ0v) is 10.4. The summed E-state index contributed by atoms with van der Waals surface area (Å²) in [7, 11) is 1.69. The molecule has 1 aromatic carbocycles. The molecule has 0 fully saturated rings. The smallest absolute Gasteiger partial charge is 0.123 e. The Kier molecular flexibility index (Phi) is 6.82. The summed E-state index contributed by atoms with van der Waals surface area (Å²) < 4.78 is 18.0. The molecule has 17 heavy (non-hydrogen) atoms. The summed E-state index contributed by atoms with van der Waals surface area (Å²) in [6.45, 7) is 0.918. The van der Waals surface area contributed by atoms with E-state index in [4.69, 9.17) is 4.74 Å². The number of hydrogen-bond donors (Lipinski definition) is 1. The Morgan fingerprint density at radius 1 is 1.35 bits per heavy atom. The summed E-state index contributed by atoms with van der Waals surface area (Å²) in [6.07, 6.45) is 3.74. The topological polar surface area (TPSA) is 29.5 Å². The number of rotatable bonds is 8. The Bertz CT molecular complexity index is 315. The molecule has 3 heteroatoms. The lowest BCUT2D eigenvalue weighted by atomic mass is 9.95. The van der Waals surface area contributed by atoms with E-state index in [-0.39, 0.29) is 18.3 Å². The highest BCUT2D eigenvalue weighted by atomic mass is 19.1. The van der Waals surface area contributed by atoms with Crippen LogP contribution in [0.3, 0.4) is 0 Å². The maximum absolute atomic E-state index is 13.0. The third-order valence-corrected chi connectivity index (χ3v) is 2.88. The van der Waals surface area contributed by atoms with E-state index in [1.165, 1.54) is 12.1 Å². The minimum Gasteiger partial charge on any atom is -0.396 e. The van der Waals surface area contributed by atoms with Gasteiger partial charge in [0.2, 0.25) is 0 Å². The van der Waals surface area contributed by atoms with Gasteiger partial charge < -0.3 is 9.84 Å². The highest BCUT2D eigenvalue weighted by Crippen LogP contribution is 2.15. The van der Waals surface area contributed by atoms with E-state index >= 15 is 0 Å². The van der Waals surface area contributed by atoms with Crippen molar-refractivity contribution in [2.24, 2.45) is 5.92 Å². The van der Waals surface area contributed by atoms with Gasteiger partial charge in [-0.1, -0.05) is 18.6 Å². The number of aliphatic hydroxyl groups is 1. The second-order valence-electron chi connectivity index (χ2n) is 4.37. The molecule has 0 saturated heterocycles. The van der Waals surface area contributed by atoms with Gasteiger partial charge in [-0.25, -0.2) is 4.39 Å². The van der Waals surface area contributed by atoms with Crippen LogP contribution in [0.25, 0.3) is 0 Å². The summed E-state index contributed by atoms with van der Waals surface area (Å²) in [6, 6.07) is 6.60. The molecule has 96 valence electrons. The lowest BCUT2D eigenvalue weighted by Gasteiger charge is -2.14. The van der Waals surface area contributed by atoms with Gasteiger partial charge in [0.15, 0.2) is 0 Å². The van der Waals surface area contributed by atoms with Crippen LogP contribution in [0.1, 0.15) is 24.8 Å². The molecular weight excluding hydrogens is 219 g/mol. The largest absolute Gasteiger partial charge is 0.396 e. The first-order valence-electron chi connectivity index (χ1n) is 6.10. The van der Waals surface area contributed by atoms with Crippen molar-refractivity contribution in [3.8, 4) is 0 Å². The van der Waals surface area contributed by atoms with Gasteiger partial charge in [0.25, 0.3) is 0 Å². The fourth-order valence-corrected chi connectivity index (χ4v) is 1.93. The first kappa shape index (κ1) is 14.1. The lowest BCUT2D eigenvalue weighted by molar-refractivity contribution is 0.181. The molecule has 2 nitrogen and oxygen atoms in total. The van der Waals surface area contributed by atoms with Crippen LogP contribution in [-0.2, 0) is 11.2 Å². The summed E-state index contributed by atoms with van der Waals surface area (Å²) in [5, 5.41) is 9.29. The number of hydrogen-bond acceptors (Lipinski definition) is 2. The Hall–Kier alpha value is -0.930. The molecule has 1 unspecified atom stereocenters. The third-order valence-electron chi connectivity index (χ3n) is 2.88. The maximum Gasteiger partial charge on any atom is 0.123 e. The molecular formula is C14H21FO2. The second kappa shape index (κ2) is 8.20. The molecule has 1 N–H and O–H groups in total. The number of ether oxygens (including phenoxy) is 1. The Labute approximate surface area is 102 Å². The molecule has 0 spiro atoms. The van der Waals surface area contributed by atoms with Crippen molar-refractivity contribution >= 4 is 0 Å². The average Bonchev–Trinajstić information content (AvgIpc) is 2.33. The van der Waals surface area contributed by atoms with E-state index in [2.05, 4.69) is 0 Å². The molecule has 0 radical (unpaired) electrons. The monoisotopic (exact) mass is 240 g/mol. The third kappa shape index (κ3) is 5.80. The number of aliphatic hydroxyl groups excluding tert-OH is 1. The number of halogens is 1. The first-order chi connectivity index (χ1) is 8.26. The van der Waals surface area contributed by atoms with Gasteiger partial charge in [-0.3, -0.25) is 0 Å². The zero-order valence-electron chi connectivity index (χ0n) is 10.4. The maximum atomic E-state index is 13.0. The molecule has 0 bridgehead atoms. The molecule has 0 aliphatic rings. The molecule has 0 aromatic heterocycles. The van der Waals surface area contributed by atoms with E-state index in [1.807, 2.05) is 6.07 Å². The number of unbranched alkanes of at least 4 members (excludes halogenated alkanes) is 1. The van der Waals surface area contributed by atoms with Gasteiger partial charge in [0, 0.05) is 20.3 Å². The van der Waals surface area contributed by atoms with Crippen LogP contribution in [0.15, 0.2) is 24.3 Å². The van der Waals surface area contributed by atoms with Gasteiger partial charge >= 0.3 is 0 Å². The van der Waals surface area contributed by atoms with E-state index in [1.54, 1.807) is 13.2 Å². The molecule has 1 rings (SSSR count). The SMILES string of the molecule is COCCCCC(CO)Cc1cccc(F)c1. The Morgan fingerprint density at radius 3 is 2.82 bits per heavy atom. The molecule has 0 aliphatic heterocycles. The van der Waals surface area contributed by atoms with Gasteiger partial charge in [0.1, 0.15) is 5.82 Å². The van der Waals surface area contributed by atoms with Crippen LogP contribution in [0.2, 0.25) is 0 Å². The standard InChI is InChI=1S/C14H21FO2/c1-17-8-3-2-5-13(11-16)9-12-6-4-7-14(15)10-12/h4,6-7,10,13,16H,2-3,5,8-9,11H2,1H3. The molecule has 0 heterocycles. The van der Waals surface area contributed by atoms with Gasteiger partial charge in [-0.15, -0.1) is 0 Å². The normalized spacial score (nSPS) is 12.6. The first-order valence-corrected chi connectivity index (χ1v) is 6.10. The zero-order chi connectivity index (χ0) is 12.5. The van der Waals surface area contributed by atoms with Crippen molar-refractivity contribution in [2.75, 3.05) is 20.3 Å². The van der Waals surface area contributed by atoms with Crippen molar-refractivity contribution in [2.45, 2.75) is 25.7 Å². The van der Waals surface area contributed by atoms with E-state index in [0.717, 1.165) is 37.9 Å². The van der Waals surface area contributed by atoms with E-state index in [0.29, 0.717) is 0 Å². The Balaban J connectivity index is 2.35. The predicted molar refractivity (Wildman–Crippen MR) is 66.4 cm³/mol.